The van der Waals surface area contributed by atoms with Crippen LogP contribution in [0, 0.1) is 0 Å². The van der Waals surface area contributed by atoms with Crippen LogP contribution in [0.4, 0.5) is 17.1 Å². The van der Waals surface area contributed by atoms with Gasteiger partial charge in [0.25, 0.3) is 0 Å². The molecule has 0 N–H and O–H groups in total. The van der Waals surface area contributed by atoms with Gasteiger partial charge in [0.15, 0.2) is 0 Å². The van der Waals surface area contributed by atoms with Crippen molar-refractivity contribution in [3.8, 4) is 21.7 Å². The molecule has 55 heavy (non-hydrogen) atoms. The third-order valence-corrected chi connectivity index (χ3v) is 14.1. The number of thiophene rings is 2. The molecule has 0 saturated carbocycles. The lowest BCUT2D eigenvalue weighted by Crippen LogP contribution is -2.09. The van der Waals surface area contributed by atoms with Crippen LogP contribution in [-0.4, -0.2) is 4.98 Å². The van der Waals surface area contributed by atoms with Crippen molar-refractivity contribution in [3.05, 3.63) is 170 Å². The Bertz CT molecular complexity index is 3440. The second-order valence-corrected chi connectivity index (χ2v) is 17.1. The number of hydrogen-bond donors (Lipinski definition) is 0. The van der Waals surface area contributed by atoms with E-state index in [0.717, 1.165) is 55.1 Å². The van der Waals surface area contributed by atoms with E-state index in [4.69, 9.17) is 9.40 Å². The number of rotatable bonds is 5. The predicted molar refractivity (Wildman–Crippen MR) is 238 cm³/mol. The summed E-state index contributed by atoms with van der Waals surface area (Å²) in [4.78, 5) is 7.51. The number of furan rings is 1. The Kier molecular flexibility index (Phi) is 6.84. The third kappa shape index (κ3) is 4.96. The molecule has 0 aliphatic carbocycles. The first-order valence-electron chi connectivity index (χ1n) is 18.3. The Morgan fingerprint density at radius 3 is 1.95 bits per heavy atom. The summed E-state index contributed by atoms with van der Waals surface area (Å²) in [5.41, 5.74) is 9.66. The minimum Gasteiger partial charge on any atom is -0.456 e. The van der Waals surface area contributed by atoms with Crippen LogP contribution in [-0.2, 0) is 0 Å². The molecular weight excluding hydrogens is 729 g/mol. The summed E-state index contributed by atoms with van der Waals surface area (Å²) < 4.78 is 12.7. The lowest BCUT2D eigenvalue weighted by atomic mass is 10.0. The van der Waals surface area contributed by atoms with Gasteiger partial charge in [0.1, 0.15) is 16.2 Å². The fourth-order valence-electron chi connectivity index (χ4n) is 8.09. The quantitative estimate of drug-likeness (QED) is 0.175. The molecule has 258 valence electrons. The van der Waals surface area contributed by atoms with Crippen molar-refractivity contribution in [2.45, 2.75) is 0 Å². The summed E-state index contributed by atoms with van der Waals surface area (Å²) in [5, 5.41) is 8.40. The topological polar surface area (TPSA) is 29.3 Å². The van der Waals surface area contributed by atoms with E-state index in [9.17, 15) is 0 Å². The zero-order valence-corrected chi connectivity index (χ0v) is 31.6. The number of fused-ring (bicyclic) bond motifs is 11. The Hall–Kier alpha value is -6.31. The number of aromatic nitrogens is 1. The maximum absolute atomic E-state index is 6.38. The smallest absolute Gasteiger partial charge is 0.137 e. The molecular formula is C49H28N2OS3. The van der Waals surface area contributed by atoms with E-state index in [0.29, 0.717) is 0 Å². The molecule has 4 heterocycles. The second kappa shape index (κ2) is 12.1. The Morgan fingerprint density at radius 1 is 0.382 bits per heavy atom. The van der Waals surface area contributed by atoms with Crippen LogP contribution >= 0.6 is 34.0 Å². The molecule has 4 aromatic heterocycles. The van der Waals surface area contributed by atoms with Crippen molar-refractivity contribution in [3.63, 3.8) is 0 Å². The first-order chi connectivity index (χ1) is 27.2. The molecule has 12 aromatic rings. The second-order valence-electron chi connectivity index (χ2n) is 13.9. The summed E-state index contributed by atoms with van der Waals surface area (Å²) in [7, 11) is 0. The maximum atomic E-state index is 6.38. The summed E-state index contributed by atoms with van der Waals surface area (Å²) >= 11 is 5.45. The maximum Gasteiger partial charge on any atom is 0.137 e. The van der Waals surface area contributed by atoms with Crippen molar-refractivity contribution in [2.24, 2.45) is 0 Å². The van der Waals surface area contributed by atoms with Crippen molar-refractivity contribution in [1.29, 1.82) is 0 Å². The first kappa shape index (κ1) is 31.1. The van der Waals surface area contributed by atoms with E-state index in [2.05, 4.69) is 163 Å². The Balaban J connectivity index is 0.961. The highest BCUT2D eigenvalue weighted by molar-refractivity contribution is 7.27. The number of anilines is 3. The predicted octanol–water partition coefficient (Wildman–Crippen LogP) is 15.7. The number of benzene rings is 8. The number of nitrogens with zero attached hydrogens (tertiary/aromatic N) is 2. The molecule has 0 radical (unpaired) electrons. The van der Waals surface area contributed by atoms with Gasteiger partial charge in [-0.2, -0.15) is 0 Å². The molecule has 0 fully saturated rings. The van der Waals surface area contributed by atoms with Gasteiger partial charge in [0, 0.05) is 79.8 Å². The molecule has 0 aliphatic heterocycles. The number of hydrogen-bond acceptors (Lipinski definition) is 6. The van der Waals surface area contributed by atoms with Crippen LogP contribution in [0.25, 0.3) is 94.2 Å². The highest BCUT2D eigenvalue weighted by Crippen LogP contribution is 2.45. The van der Waals surface area contributed by atoms with E-state index in [1.54, 1.807) is 11.3 Å². The van der Waals surface area contributed by atoms with Crippen molar-refractivity contribution >= 4 is 124 Å². The van der Waals surface area contributed by atoms with Gasteiger partial charge in [-0.05, 0) is 83.9 Å². The molecule has 0 unspecified atom stereocenters. The van der Waals surface area contributed by atoms with Crippen LogP contribution < -0.4 is 4.90 Å². The summed E-state index contributed by atoms with van der Waals surface area (Å²) in [6.45, 7) is 0. The zero-order chi connectivity index (χ0) is 36.0. The highest BCUT2D eigenvalue weighted by atomic mass is 32.1. The van der Waals surface area contributed by atoms with Crippen LogP contribution in [0.5, 0.6) is 0 Å². The molecule has 0 saturated heterocycles. The van der Waals surface area contributed by atoms with Gasteiger partial charge >= 0.3 is 0 Å². The minimum absolute atomic E-state index is 0.880. The van der Waals surface area contributed by atoms with Crippen LogP contribution in [0.2, 0.25) is 0 Å². The van der Waals surface area contributed by atoms with Gasteiger partial charge in [-0.1, -0.05) is 91.0 Å². The number of para-hydroxylation sites is 1. The third-order valence-electron chi connectivity index (χ3n) is 10.7. The minimum atomic E-state index is 0.880. The molecule has 0 bridgehead atoms. The summed E-state index contributed by atoms with van der Waals surface area (Å²) in [5.74, 6) is 0. The molecule has 0 spiro atoms. The van der Waals surface area contributed by atoms with E-state index in [1.807, 2.05) is 34.8 Å². The largest absolute Gasteiger partial charge is 0.456 e. The molecule has 0 amide bonds. The van der Waals surface area contributed by atoms with E-state index < -0.39 is 0 Å². The van der Waals surface area contributed by atoms with Crippen LogP contribution in [0.1, 0.15) is 0 Å². The average Bonchev–Trinajstić information content (AvgIpc) is 4.02. The van der Waals surface area contributed by atoms with Crippen molar-refractivity contribution < 1.29 is 4.42 Å². The molecule has 8 aromatic carbocycles. The zero-order valence-electron chi connectivity index (χ0n) is 29.2. The van der Waals surface area contributed by atoms with Gasteiger partial charge in [-0.15, -0.1) is 34.0 Å². The fraction of sp³-hybridized carbons (Fsp3) is 0. The molecule has 12 rings (SSSR count). The van der Waals surface area contributed by atoms with E-state index >= 15 is 0 Å². The Morgan fingerprint density at radius 2 is 1.04 bits per heavy atom. The molecule has 3 nitrogen and oxygen atoms in total. The molecule has 0 aliphatic rings. The lowest BCUT2D eigenvalue weighted by Gasteiger charge is -2.26. The normalized spacial score (nSPS) is 12.0. The van der Waals surface area contributed by atoms with Crippen molar-refractivity contribution in [2.75, 3.05) is 4.90 Å². The van der Waals surface area contributed by atoms with Gasteiger partial charge in [-0.3, -0.25) is 0 Å². The lowest BCUT2D eigenvalue weighted by molar-refractivity contribution is 0.669. The van der Waals surface area contributed by atoms with Gasteiger partial charge < -0.3 is 9.32 Å². The molecule has 6 heteroatoms. The SMILES string of the molecule is c1ccc(-c2nc3c(ccc4sc5cc(-c6ccc(N(c7ccc8c(c7)oc7ccccc78)c7ccc8sc9ccccc9c8c7)cc6)ccc5c43)s2)cc1. The van der Waals surface area contributed by atoms with E-state index in [1.165, 1.54) is 56.2 Å². The first-order valence-corrected chi connectivity index (χ1v) is 20.7. The monoisotopic (exact) mass is 756 g/mol. The highest BCUT2D eigenvalue weighted by Gasteiger charge is 2.19. The van der Waals surface area contributed by atoms with Gasteiger partial charge in [0.2, 0.25) is 0 Å². The summed E-state index contributed by atoms with van der Waals surface area (Å²) in [6, 6.07) is 61.2. The average molecular weight is 757 g/mol. The van der Waals surface area contributed by atoms with Gasteiger partial charge in [-0.25, -0.2) is 4.98 Å². The molecule has 0 atom stereocenters. The van der Waals surface area contributed by atoms with Crippen LogP contribution in [0.3, 0.4) is 0 Å². The fourth-order valence-corrected chi connectivity index (χ4v) is 11.3. The van der Waals surface area contributed by atoms with E-state index in [-0.39, 0.29) is 0 Å². The van der Waals surface area contributed by atoms with Gasteiger partial charge in [0.05, 0.1) is 10.2 Å². The number of thiazole rings is 1. The Labute approximate surface area is 327 Å². The summed E-state index contributed by atoms with van der Waals surface area (Å²) in [6.07, 6.45) is 0. The van der Waals surface area contributed by atoms with Crippen molar-refractivity contribution in [1.82, 2.24) is 4.98 Å². The standard InChI is InChI=1S/C49H28N2OS3/c1-2-8-30(9-3-1)49-50-48-45(55-49)25-24-44-47(48)38-21-16-31(26-46(38)54-44)29-14-17-32(18-15-29)51(33-20-23-43-39(27-33)37-11-5-7-13-42(37)53-43)34-19-22-36-35-10-4-6-12-40(35)52-41(36)28-34/h1-28H. The van der Waals surface area contributed by atoms with Crippen LogP contribution in [0.15, 0.2) is 174 Å².